The lowest BCUT2D eigenvalue weighted by atomic mass is 9.88. The van der Waals surface area contributed by atoms with Crippen molar-refractivity contribution < 1.29 is 22.7 Å². The Kier molecular flexibility index (Phi) is 4.26. The smallest absolute Gasteiger partial charge is 0.394 e. The van der Waals surface area contributed by atoms with Gasteiger partial charge in [-0.3, -0.25) is 0 Å². The van der Waals surface area contributed by atoms with Crippen LogP contribution in [0.5, 0.6) is 5.75 Å². The lowest BCUT2D eigenvalue weighted by Gasteiger charge is -2.36. The molecule has 0 unspecified atom stereocenters. The van der Waals surface area contributed by atoms with Gasteiger partial charge in [0, 0.05) is 12.2 Å². The van der Waals surface area contributed by atoms with Crippen LogP contribution >= 0.6 is 0 Å². The molecule has 7 heteroatoms. The number of carbonyl (C=O) groups excluding carboxylic acids is 1. The molecule has 1 atom stereocenters. The molecule has 0 saturated carbocycles. The number of amides is 2. The molecule has 2 rings (SSSR count). The van der Waals surface area contributed by atoms with E-state index >= 15 is 0 Å². The minimum Gasteiger partial charge on any atom is -0.497 e. The molecular formula is C15H19F3N2O2. The van der Waals surface area contributed by atoms with E-state index in [1.165, 1.54) is 25.9 Å². The number of hydrogen-bond acceptors (Lipinski definition) is 2. The minimum absolute atomic E-state index is 0.0769. The molecule has 4 nitrogen and oxygen atoms in total. The monoisotopic (exact) mass is 316 g/mol. The van der Waals surface area contributed by atoms with Crippen molar-refractivity contribution in [2.75, 3.05) is 19.0 Å². The fraction of sp³-hybridized carbons (Fsp3) is 0.533. The van der Waals surface area contributed by atoms with E-state index in [-0.39, 0.29) is 13.0 Å². The summed E-state index contributed by atoms with van der Waals surface area (Å²) in [6.07, 6.45) is -4.38. The van der Waals surface area contributed by atoms with E-state index < -0.39 is 23.7 Å². The normalized spacial score (nSPS) is 20.8. The molecule has 1 saturated heterocycles. The number of benzene rings is 1. The van der Waals surface area contributed by atoms with Crippen molar-refractivity contribution in [1.29, 1.82) is 0 Å². The van der Waals surface area contributed by atoms with Gasteiger partial charge < -0.3 is 15.0 Å². The van der Waals surface area contributed by atoms with Gasteiger partial charge in [0.05, 0.1) is 18.6 Å². The van der Waals surface area contributed by atoms with Crippen molar-refractivity contribution >= 4 is 11.7 Å². The molecule has 1 N–H and O–H groups in total. The summed E-state index contributed by atoms with van der Waals surface area (Å²) in [6, 6.07) is 6.09. The first kappa shape index (κ1) is 16.5. The van der Waals surface area contributed by atoms with Crippen LogP contribution in [-0.2, 0) is 0 Å². The van der Waals surface area contributed by atoms with Gasteiger partial charge in [-0.05, 0) is 44.5 Å². The molecule has 1 aromatic rings. The SMILES string of the molecule is COc1ccc(NC(=O)N2CC[C@H](C(F)(F)F)C2(C)C)cc1. The van der Waals surface area contributed by atoms with E-state index in [1.807, 2.05) is 0 Å². The number of likely N-dealkylation sites (tertiary alicyclic amines) is 1. The first-order chi connectivity index (χ1) is 10.2. The third-order valence-corrected chi connectivity index (χ3v) is 4.17. The van der Waals surface area contributed by atoms with Gasteiger partial charge >= 0.3 is 12.2 Å². The number of alkyl halides is 3. The van der Waals surface area contributed by atoms with Gasteiger partial charge in [-0.15, -0.1) is 0 Å². The maximum absolute atomic E-state index is 13.0. The first-order valence-corrected chi connectivity index (χ1v) is 6.95. The highest BCUT2D eigenvalue weighted by Crippen LogP contribution is 2.44. The molecule has 1 aliphatic heterocycles. The number of ether oxygens (including phenoxy) is 1. The van der Waals surface area contributed by atoms with Gasteiger partial charge in [-0.25, -0.2) is 4.79 Å². The maximum Gasteiger partial charge on any atom is 0.394 e. The van der Waals surface area contributed by atoms with E-state index in [0.29, 0.717) is 11.4 Å². The van der Waals surface area contributed by atoms with Gasteiger partial charge in [0.1, 0.15) is 5.75 Å². The summed E-state index contributed by atoms with van der Waals surface area (Å²) in [5.41, 5.74) is -0.758. The second-order valence-electron chi connectivity index (χ2n) is 5.85. The standard InChI is InChI=1S/C15H19F3N2O2/c1-14(2)12(15(16,17)18)8-9-20(14)13(21)19-10-4-6-11(22-3)7-5-10/h4-7,12H,8-9H2,1-3H3,(H,19,21)/t12-/m0/s1. The van der Waals surface area contributed by atoms with Crippen molar-refractivity contribution in [1.82, 2.24) is 4.90 Å². The van der Waals surface area contributed by atoms with E-state index in [2.05, 4.69) is 5.32 Å². The van der Waals surface area contributed by atoms with Gasteiger partial charge in [-0.1, -0.05) is 0 Å². The Labute approximate surface area is 127 Å². The third-order valence-electron chi connectivity index (χ3n) is 4.17. The van der Waals surface area contributed by atoms with Gasteiger partial charge in [-0.2, -0.15) is 13.2 Å². The first-order valence-electron chi connectivity index (χ1n) is 6.95. The summed E-state index contributed by atoms with van der Waals surface area (Å²) in [5, 5.41) is 2.63. The van der Waals surface area contributed by atoms with Crippen LogP contribution in [0.1, 0.15) is 20.3 Å². The molecule has 0 spiro atoms. The number of hydrogen-bond donors (Lipinski definition) is 1. The topological polar surface area (TPSA) is 41.6 Å². The summed E-state index contributed by atoms with van der Waals surface area (Å²) in [5.74, 6) is -0.877. The molecule has 0 radical (unpaired) electrons. The second-order valence-corrected chi connectivity index (χ2v) is 5.85. The molecule has 0 bridgehead atoms. The zero-order valence-electron chi connectivity index (χ0n) is 12.7. The maximum atomic E-state index is 13.0. The number of halogens is 3. The largest absolute Gasteiger partial charge is 0.497 e. The number of urea groups is 1. The number of nitrogens with zero attached hydrogens (tertiary/aromatic N) is 1. The molecular weight excluding hydrogens is 297 g/mol. The Morgan fingerprint density at radius 3 is 2.36 bits per heavy atom. The number of carbonyl (C=O) groups is 1. The number of methoxy groups -OCH3 is 1. The molecule has 22 heavy (non-hydrogen) atoms. The lowest BCUT2D eigenvalue weighted by Crippen LogP contribution is -2.51. The van der Waals surface area contributed by atoms with Crippen molar-refractivity contribution in [2.45, 2.75) is 32.0 Å². The third kappa shape index (κ3) is 3.13. The van der Waals surface area contributed by atoms with Crippen molar-refractivity contribution in [3.63, 3.8) is 0 Å². The van der Waals surface area contributed by atoms with Crippen LogP contribution in [-0.4, -0.2) is 36.3 Å². The average Bonchev–Trinajstić information content (AvgIpc) is 2.74. The van der Waals surface area contributed by atoms with Crippen molar-refractivity contribution in [3.8, 4) is 5.75 Å². The van der Waals surface area contributed by atoms with E-state index in [9.17, 15) is 18.0 Å². The zero-order chi connectivity index (χ0) is 16.5. The Balaban J connectivity index is 2.09. The van der Waals surface area contributed by atoms with Gasteiger partial charge in [0.15, 0.2) is 0 Å². The highest BCUT2D eigenvalue weighted by atomic mass is 19.4. The molecule has 0 aliphatic carbocycles. The molecule has 122 valence electrons. The van der Waals surface area contributed by atoms with Crippen LogP contribution in [0.3, 0.4) is 0 Å². The Morgan fingerprint density at radius 2 is 1.91 bits per heavy atom. The Morgan fingerprint density at radius 1 is 1.32 bits per heavy atom. The van der Waals surface area contributed by atoms with Crippen LogP contribution < -0.4 is 10.1 Å². The summed E-state index contributed by atoms with van der Waals surface area (Å²) in [6.45, 7) is 2.98. The lowest BCUT2D eigenvalue weighted by molar-refractivity contribution is -0.189. The van der Waals surface area contributed by atoms with Crippen LogP contribution in [0.25, 0.3) is 0 Å². The average molecular weight is 316 g/mol. The molecule has 1 aromatic carbocycles. The van der Waals surface area contributed by atoms with E-state index in [0.717, 1.165) is 0 Å². The van der Waals surface area contributed by atoms with Crippen molar-refractivity contribution in [2.24, 2.45) is 5.92 Å². The van der Waals surface area contributed by atoms with E-state index in [4.69, 9.17) is 4.74 Å². The summed E-state index contributed by atoms with van der Waals surface area (Å²) in [4.78, 5) is 13.5. The van der Waals surface area contributed by atoms with Crippen LogP contribution in [0.15, 0.2) is 24.3 Å². The predicted octanol–water partition coefficient (Wildman–Crippen LogP) is 3.89. The molecule has 1 fully saturated rings. The fourth-order valence-corrected chi connectivity index (χ4v) is 2.88. The Bertz CT molecular complexity index is 541. The minimum atomic E-state index is -4.31. The molecule has 0 aromatic heterocycles. The van der Waals surface area contributed by atoms with Gasteiger partial charge in [0.25, 0.3) is 0 Å². The quantitative estimate of drug-likeness (QED) is 0.899. The molecule has 1 aliphatic rings. The number of rotatable bonds is 2. The van der Waals surface area contributed by atoms with E-state index in [1.54, 1.807) is 24.3 Å². The number of anilines is 1. The number of nitrogens with one attached hydrogen (secondary N) is 1. The van der Waals surface area contributed by atoms with Gasteiger partial charge in [0.2, 0.25) is 0 Å². The second kappa shape index (κ2) is 5.70. The highest BCUT2D eigenvalue weighted by Gasteiger charge is 2.56. The summed E-state index contributed by atoms with van der Waals surface area (Å²) < 4.78 is 44.1. The highest BCUT2D eigenvalue weighted by molar-refractivity contribution is 5.90. The van der Waals surface area contributed by atoms with Crippen LogP contribution in [0.4, 0.5) is 23.7 Å². The van der Waals surface area contributed by atoms with Crippen LogP contribution in [0, 0.1) is 5.92 Å². The van der Waals surface area contributed by atoms with Crippen molar-refractivity contribution in [3.05, 3.63) is 24.3 Å². The molecule has 1 heterocycles. The fourth-order valence-electron chi connectivity index (χ4n) is 2.88. The summed E-state index contributed by atoms with van der Waals surface area (Å²) >= 11 is 0. The van der Waals surface area contributed by atoms with Crippen LogP contribution in [0.2, 0.25) is 0 Å². The Hall–Kier alpha value is -1.92. The summed E-state index contributed by atoms with van der Waals surface area (Å²) in [7, 11) is 1.53. The predicted molar refractivity (Wildman–Crippen MR) is 77.0 cm³/mol. The zero-order valence-corrected chi connectivity index (χ0v) is 12.7. The molecule has 2 amide bonds.